The monoisotopic (exact) mass is 359 g/mol. The smallest absolute Gasteiger partial charge is 0.233 e. The maximum absolute atomic E-state index is 12.7. The molecule has 1 fully saturated rings. The lowest BCUT2D eigenvalue weighted by molar-refractivity contribution is -0.132. The molecule has 1 amide bonds. The van der Waals surface area contributed by atoms with Crippen molar-refractivity contribution in [2.45, 2.75) is 57.7 Å². The van der Waals surface area contributed by atoms with Gasteiger partial charge in [-0.2, -0.15) is 4.68 Å². The Balaban J connectivity index is 1.71. The highest BCUT2D eigenvalue weighted by atomic mass is 32.2. The Morgan fingerprint density at radius 1 is 1.32 bits per heavy atom. The van der Waals surface area contributed by atoms with Crippen molar-refractivity contribution in [2.24, 2.45) is 0 Å². The van der Waals surface area contributed by atoms with Gasteiger partial charge in [0.1, 0.15) is 0 Å². The number of hydrogen-bond acceptors (Lipinski definition) is 5. The zero-order valence-electron chi connectivity index (χ0n) is 15.1. The Morgan fingerprint density at radius 3 is 2.96 bits per heavy atom. The van der Waals surface area contributed by atoms with Crippen LogP contribution in [0, 0.1) is 13.8 Å². The van der Waals surface area contributed by atoms with E-state index in [9.17, 15) is 4.79 Å². The van der Waals surface area contributed by atoms with Crippen LogP contribution < -0.4 is 0 Å². The molecule has 1 aliphatic rings. The Morgan fingerprint density at radius 2 is 2.16 bits per heavy atom. The van der Waals surface area contributed by atoms with Gasteiger partial charge in [0.05, 0.1) is 11.4 Å². The maximum Gasteiger partial charge on any atom is 0.233 e. The molecule has 2 aromatic rings. The third kappa shape index (κ3) is 4.03. The number of carbonyl (C=O) groups excluding carboxylic acids is 1. The molecule has 2 heterocycles. The zero-order chi connectivity index (χ0) is 17.8. The van der Waals surface area contributed by atoms with Crippen molar-refractivity contribution in [2.75, 3.05) is 12.3 Å². The number of carbonyl (C=O) groups is 1. The molecule has 1 atom stereocenters. The molecule has 6 nitrogen and oxygen atoms in total. The lowest BCUT2D eigenvalue weighted by atomic mass is 10.0. The van der Waals surface area contributed by atoms with Crippen molar-refractivity contribution >= 4 is 17.7 Å². The second kappa shape index (κ2) is 7.99. The molecule has 1 aromatic carbocycles. The largest absolute Gasteiger partial charge is 0.339 e. The number of thioether (sulfide) groups is 1. The first-order valence-electron chi connectivity index (χ1n) is 8.88. The van der Waals surface area contributed by atoms with Crippen LogP contribution in [-0.4, -0.2) is 49.4 Å². The predicted molar refractivity (Wildman–Crippen MR) is 99.0 cm³/mol. The van der Waals surface area contributed by atoms with E-state index < -0.39 is 0 Å². The molecule has 0 unspecified atom stereocenters. The van der Waals surface area contributed by atoms with E-state index in [1.165, 1.54) is 18.2 Å². The number of amides is 1. The molecule has 0 N–H and O–H groups in total. The Kier molecular flexibility index (Phi) is 5.73. The van der Waals surface area contributed by atoms with Gasteiger partial charge in [-0.05, 0) is 67.2 Å². The van der Waals surface area contributed by atoms with Crippen LogP contribution in [0.25, 0.3) is 5.69 Å². The van der Waals surface area contributed by atoms with Gasteiger partial charge in [-0.1, -0.05) is 30.8 Å². The number of tetrazole rings is 1. The molecule has 1 aromatic heterocycles. The summed E-state index contributed by atoms with van der Waals surface area (Å²) < 4.78 is 1.73. The van der Waals surface area contributed by atoms with Crippen molar-refractivity contribution in [1.29, 1.82) is 0 Å². The Hall–Kier alpha value is -1.89. The number of rotatable bonds is 5. The average molecular weight is 359 g/mol. The van der Waals surface area contributed by atoms with Gasteiger partial charge in [0.15, 0.2) is 0 Å². The summed E-state index contributed by atoms with van der Waals surface area (Å²) in [6.45, 7) is 7.12. The summed E-state index contributed by atoms with van der Waals surface area (Å²) in [5, 5.41) is 12.7. The fourth-order valence-electron chi connectivity index (χ4n) is 3.33. The number of hydrogen-bond donors (Lipinski definition) is 0. The van der Waals surface area contributed by atoms with Crippen molar-refractivity contribution in [3.8, 4) is 5.69 Å². The van der Waals surface area contributed by atoms with Gasteiger partial charge >= 0.3 is 0 Å². The second-order valence-corrected chi connectivity index (χ2v) is 7.54. The maximum atomic E-state index is 12.7. The van der Waals surface area contributed by atoms with Gasteiger partial charge < -0.3 is 4.90 Å². The summed E-state index contributed by atoms with van der Waals surface area (Å²) in [5.41, 5.74) is 3.22. The normalized spacial score (nSPS) is 17.7. The van der Waals surface area contributed by atoms with Gasteiger partial charge in [0.25, 0.3) is 0 Å². The van der Waals surface area contributed by atoms with Crippen LogP contribution >= 0.6 is 11.8 Å². The molecule has 0 bridgehead atoms. The highest BCUT2D eigenvalue weighted by molar-refractivity contribution is 7.99. The van der Waals surface area contributed by atoms with E-state index in [4.69, 9.17) is 0 Å². The van der Waals surface area contributed by atoms with E-state index in [1.807, 2.05) is 18.7 Å². The van der Waals surface area contributed by atoms with Crippen LogP contribution in [0.3, 0.4) is 0 Å². The second-order valence-electron chi connectivity index (χ2n) is 6.60. The molecule has 134 valence electrons. The highest BCUT2D eigenvalue weighted by Gasteiger charge is 2.25. The third-order valence-corrected chi connectivity index (χ3v) is 5.68. The molecule has 25 heavy (non-hydrogen) atoms. The number of benzene rings is 1. The fraction of sp³-hybridized carbons (Fsp3) is 0.556. The van der Waals surface area contributed by atoms with Crippen LogP contribution in [0.2, 0.25) is 0 Å². The molecular formula is C18H25N5OS. The first-order valence-corrected chi connectivity index (χ1v) is 9.87. The van der Waals surface area contributed by atoms with Gasteiger partial charge in [-0.25, -0.2) is 0 Å². The number of nitrogens with zero attached hydrogens (tertiary/aromatic N) is 5. The minimum absolute atomic E-state index is 0.187. The third-order valence-electron chi connectivity index (χ3n) is 4.78. The molecule has 3 rings (SSSR count). The average Bonchev–Trinajstić information content (AvgIpc) is 3.10. The number of piperidine rings is 1. The molecule has 0 saturated carbocycles. The molecule has 0 radical (unpaired) electrons. The van der Waals surface area contributed by atoms with E-state index in [2.05, 4.69) is 40.6 Å². The van der Waals surface area contributed by atoms with E-state index in [-0.39, 0.29) is 5.91 Å². The fourth-order valence-corrected chi connectivity index (χ4v) is 4.10. The molecule has 0 spiro atoms. The number of aromatic nitrogens is 4. The number of aryl methyl sites for hydroxylation is 2. The van der Waals surface area contributed by atoms with Gasteiger partial charge in [0, 0.05) is 12.6 Å². The minimum atomic E-state index is 0.187. The van der Waals surface area contributed by atoms with E-state index >= 15 is 0 Å². The molecular weight excluding hydrogens is 334 g/mol. The lowest BCUT2D eigenvalue weighted by Crippen LogP contribution is -2.44. The molecule has 0 aliphatic carbocycles. The zero-order valence-corrected chi connectivity index (χ0v) is 15.9. The number of likely N-dealkylation sites (tertiary alicyclic amines) is 1. The lowest BCUT2D eigenvalue weighted by Gasteiger charge is -2.35. The minimum Gasteiger partial charge on any atom is -0.339 e. The first-order chi connectivity index (χ1) is 12.1. The Labute approximate surface area is 153 Å². The van der Waals surface area contributed by atoms with Gasteiger partial charge in [0.2, 0.25) is 11.1 Å². The van der Waals surface area contributed by atoms with Crippen LogP contribution in [0.1, 0.15) is 43.7 Å². The predicted octanol–water partition coefficient (Wildman–Crippen LogP) is 3.16. The summed E-state index contributed by atoms with van der Waals surface area (Å²) in [6, 6.07) is 6.58. The van der Waals surface area contributed by atoms with Crippen LogP contribution in [-0.2, 0) is 4.79 Å². The van der Waals surface area contributed by atoms with Crippen molar-refractivity contribution in [1.82, 2.24) is 25.1 Å². The van der Waals surface area contributed by atoms with E-state index in [0.29, 0.717) is 17.0 Å². The summed E-state index contributed by atoms with van der Waals surface area (Å²) >= 11 is 1.41. The summed E-state index contributed by atoms with van der Waals surface area (Å²) in [4.78, 5) is 14.7. The van der Waals surface area contributed by atoms with Crippen LogP contribution in [0.15, 0.2) is 23.4 Å². The topological polar surface area (TPSA) is 63.9 Å². The standard InChI is InChI=1S/C18H25N5OS/c1-4-15-7-5-6-10-22(15)17(24)12-25-18-19-20-21-23(18)16-11-13(2)8-9-14(16)3/h8-9,11,15H,4-7,10,12H2,1-3H3/t15-/m1/s1. The summed E-state index contributed by atoms with van der Waals surface area (Å²) in [5.74, 6) is 0.564. The van der Waals surface area contributed by atoms with E-state index in [1.54, 1.807) is 4.68 Å². The highest BCUT2D eigenvalue weighted by Crippen LogP contribution is 2.24. The van der Waals surface area contributed by atoms with Crippen molar-refractivity contribution in [3.05, 3.63) is 29.3 Å². The van der Waals surface area contributed by atoms with Gasteiger partial charge in [-0.3, -0.25) is 4.79 Å². The Bertz CT molecular complexity index is 745. The van der Waals surface area contributed by atoms with E-state index in [0.717, 1.165) is 42.6 Å². The summed E-state index contributed by atoms with van der Waals surface area (Å²) in [6.07, 6.45) is 4.47. The van der Waals surface area contributed by atoms with Crippen molar-refractivity contribution < 1.29 is 4.79 Å². The quantitative estimate of drug-likeness (QED) is 0.767. The van der Waals surface area contributed by atoms with Gasteiger partial charge in [-0.15, -0.1) is 5.10 Å². The summed E-state index contributed by atoms with van der Waals surface area (Å²) in [7, 11) is 0. The van der Waals surface area contributed by atoms with Crippen LogP contribution in [0.4, 0.5) is 0 Å². The first kappa shape index (κ1) is 17.9. The van der Waals surface area contributed by atoms with Crippen LogP contribution in [0.5, 0.6) is 0 Å². The molecule has 1 aliphatic heterocycles. The molecule has 7 heteroatoms. The van der Waals surface area contributed by atoms with Crippen molar-refractivity contribution in [3.63, 3.8) is 0 Å². The SMILES string of the molecule is CC[C@@H]1CCCCN1C(=O)CSc1nnnn1-c1cc(C)ccc1C. The molecule has 1 saturated heterocycles.